The van der Waals surface area contributed by atoms with Crippen LogP contribution < -0.4 is 9.47 Å². The minimum atomic E-state index is -0.319. The van der Waals surface area contributed by atoms with Gasteiger partial charge in [0.25, 0.3) is 0 Å². The quantitative estimate of drug-likeness (QED) is 0.413. The van der Waals surface area contributed by atoms with Crippen LogP contribution in [-0.4, -0.2) is 17.9 Å². The van der Waals surface area contributed by atoms with Crippen molar-refractivity contribution in [3.8, 4) is 33.9 Å². The van der Waals surface area contributed by atoms with Crippen LogP contribution >= 0.6 is 0 Å². The molecular weight excluding hydrogens is 394 g/mol. The van der Waals surface area contributed by atoms with Crippen LogP contribution in [0.5, 0.6) is 11.5 Å². The van der Waals surface area contributed by atoms with Gasteiger partial charge in [-0.05, 0) is 34.9 Å². The lowest BCUT2D eigenvalue weighted by Gasteiger charge is -2.05. The number of esters is 1. The lowest BCUT2D eigenvalue weighted by molar-refractivity contribution is -0.144. The molecule has 0 spiro atoms. The van der Waals surface area contributed by atoms with Crippen LogP contribution in [0.3, 0.4) is 0 Å². The van der Waals surface area contributed by atoms with Gasteiger partial charge in [0, 0.05) is 11.6 Å². The van der Waals surface area contributed by atoms with E-state index in [0.717, 1.165) is 22.3 Å². The summed E-state index contributed by atoms with van der Waals surface area (Å²) < 4.78 is 21.4. The summed E-state index contributed by atoms with van der Waals surface area (Å²) in [6.07, 6.45) is 0.196. The Morgan fingerprint density at radius 1 is 0.839 bits per heavy atom. The number of rotatable bonds is 6. The van der Waals surface area contributed by atoms with Crippen molar-refractivity contribution in [2.24, 2.45) is 0 Å². The predicted molar refractivity (Wildman–Crippen MR) is 113 cm³/mol. The van der Waals surface area contributed by atoms with Crippen molar-refractivity contribution in [3.63, 3.8) is 0 Å². The van der Waals surface area contributed by atoms with Gasteiger partial charge in [0.2, 0.25) is 6.79 Å². The molecule has 0 atom stereocenters. The Morgan fingerprint density at radius 2 is 1.58 bits per heavy atom. The largest absolute Gasteiger partial charge is 0.459 e. The SMILES string of the molecule is O=C(Cc1ccc(-c2ccccc2)cc1)OCc1cc(-c2ccc3c(c2)OCO3)on1. The second kappa shape index (κ2) is 8.36. The third kappa shape index (κ3) is 4.28. The number of ether oxygens (including phenoxy) is 3. The average molecular weight is 413 g/mol. The molecule has 6 heteroatoms. The average Bonchev–Trinajstić information content (AvgIpc) is 3.48. The number of fused-ring (bicyclic) bond motifs is 1. The molecule has 6 nitrogen and oxygen atoms in total. The Balaban J connectivity index is 1.17. The fourth-order valence-electron chi connectivity index (χ4n) is 3.38. The third-order valence-corrected chi connectivity index (χ3v) is 5.01. The van der Waals surface area contributed by atoms with E-state index in [1.165, 1.54) is 0 Å². The molecule has 1 aliphatic rings. The molecule has 0 radical (unpaired) electrons. The molecule has 0 fully saturated rings. The van der Waals surface area contributed by atoms with Crippen LogP contribution in [0.2, 0.25) is 0 Å². The summed E-state index contributed by atoms with van der Waals surface area (Å²) >= 11 is 0. The van der Waals surface area contributed by atoms with Crippen LogP contribution in [0, 0.1) is 0 Å². The first-order valence-electron chi connectivity index (χ1n) is 9.90. The van der Waals surface area contributed by atoms with Gasteiger partial charge < -0.3 is 18.7 Å². The van der Waals surface area contributed by atoms with E-state index >= 15 is 0 Å². The zero-order chi connectivity index (χ0) is 21.0. The second-order valence-corrected chi connectivity index (χ2v) is 7.15. The summed E-state index contributed by atoms with van der Waals surface area (Å²) in [5, 5.41) is 3.99. The van der Waals surface area contributed by atoms with Gasteiger partial charge in [0.1, 0.15) is 12.3 Å². The van der Waals surface area contributed by atoms with E-state index < -0.39 is 0 Å². The van der Waals surface area contributed by atoms with E-state index in [2.05, 4.69) is 17.3 Å². The Morgan fingerprint density at radius 3 is 2.42 bits per heavy atom. The first kappa shape index (κ1) is 18.9. The van der Waals surface area contributed by atoms with Crippen LogP contribution in [0.25, 0.3) is 22.5 Å². The monoisotopic (exact) mass is 413 g/mol. The maximum Gasteiger partial charge on any atom is 0.310 e. The molecule has 0 N–H and O–H groups in total. The van der Waals surface area contributed by atoms with Crippen LogP contribution in [0.15, 0.2) is 83.4 Å². The van der Waals surface area contributed by atoms with Gasteiger partial charge in [-0.15, -0.1) is 0 Å². The molecule has 0 bridgehead atoms. The lowest BCUT2D eigenvalue weighted by atomic mass is 10.0. The smallest absolute Gasteiger partial charge is 0.310 e. The van der Waals surface area contributed by atoms with Crippen molar-refractivity contribution in [2.75, 3.05) is 6.79 Å². The van der Waals surface area contributed by atoms with Gasteiger partial charge >= 0.3 is 5.97 Å². The van der Waals surface area contributed by atoms with E-state index in [1.807, 2.05) is 60.7 Å². The fraction of sp³-hybridized carbons (Fsp3) is 0.120. The molecule has 0 unspecified atom stereocenters. The molecule has 4 aromatic rings. The normalized spacial score (nSPS) is 12.0. The summed E-state index contributed by atoms with van der Waals surface area (Å²) in [5.41, 5.74) is 4.50. The molecule has 5 rings (SSSR count). The van der Waals surface area contributed by atoms with Gasteiger partial charge in [0.05, 0.1) is 6.42 Å². The van der Waals surface area contributed by atoms with Crippen LogP contribution in [-0.2, 0) is 22.6 Å². The molecular formula is C25H19NO5. The van der Waals surface area contributed by atoms with Crippen LogP contribution in [0.4, 0.5) is 0 Å². The summed E-state index contributed by atoms with van der Waals surface area (Å²) in [7, 11) is 0. The van der Waals surface area contributed by atoms with E-state index in [1.54, 1.807) is 6.07 Å². The van der Waals surface area contributed by atoms with Gasteiger partial charge in [0.15, 0.2) is 17.3 Å². The van der Waals surface area contributed by atoms with Crippen molar-refractivity contribution in [3.05, 3.63) is 90.1 Å². The molecule has 2 heterocycles. The summed E-state index contributed by atoms with van der Waals surface area (Å²) in [4.78, 5) is 12.2. The van der Waals surface area contributed by atoms with Crippen molar-refractivity contribution in [2.45, 2.75) is 13.0 Å². The van der Waals surface area contributed by atoms with Crippen molar-refractivity contribution >= 4 is 5.97 Å². The molecule has 0 aliphatic carbocycles. The highest BCUT2D eigenvalue weighted by molar-refractivity contribution is 5.73. The number of hydrogen-bond acceptors (Lipinski definition) is 6. The van der Waals surface area contributed by atoms with Crippen molar-refractivity contribution in [1.82, 2.24) is 5.16 Å². The topological polar surface area (TPSA) is 70.8 Å². The zero-order valence-electron chi connectivity index (χ0n) is 16.6. The number of benzene rings is 3. The van der Waals surface area contributed by atoms with Crippen molar-refractivity contribution < 1.29 is 23.5 Å². The number of carbonyl (C=O) groups is 1. The Labute approximate surface area is 179 Å². The van der Waals surface area contributed by atoms with E-state index in [9.17, 15) is 4.79 Å². The lowest BCUT2D eigenvalue weighted by Crippen LogP contribution is -2.08. The standard InChI is InChI=1S/C25H19NO5/c27-25(12-17-6-8-19(9-7-17)18-4-2-1-3-5-18)28-15-21-14-23(31-26-21)20-10-11-22-24(13-20)30-16-29-22/h1-11,13-14H,12,15-16H2. The highest BCUT2D eigenvalue weighted by atomic mass is 16.7. The molecule has 1 aromatic heterocycles. The minimum absolute atomic E-state index is 0.0506. The minimum Gasteiger partial charge on any atom is -0.459 e. The van der Waals surface area contributed by atoms with Gasteiger partial charge in [-0.2, -0.15) is 0 Å². The molecule has 0 amide bonds. The molecule has 1 aliphatic heterocycles. The molecule has 154 valence electrons. The van der Waals surface area contributed by atoms with Gasteiger partial charge in [-0.1, -0.05) is 59.8 Å². The number of carbonyl (C=O) groups excluding carboxylic acids is 1. The fourth-order valence-corrected chi connectivity index (χ4v) is 3.38. The Kier molecular flexibility index (Phi) is 5.10. The molecule has 31 heavy (non-hydrogen) atoms. The van der Waals surface area contributed by atoms with Gasteiger partial charge in [-0.25, -0.2) is 0 Å². The first-order chi connectivity index (χ1) is 15.2. The van der Waals surface area contributed by atoms with E-state index in [0.29, 0.717) is 23.0 Å². The maximum absolute atomic E-state index is 12.2. The third-order valence-electron chi connectivity index (χ3n) is 5.01. The Hall–Kier alpha value is -4.06. The number of nitrogens with zero attached hydrogens (tertiary/aromatic N) is 1. The van der Waals surface area contributed by atoms with Crippen molar-refractivity contribution in [1.29, 1.82) is 0 Å². The number of aromatic nitrogens is 1. The highest BCUT2D eigenvalue weighted by Crippen LogP contribution is 2.36. The zero-order valence-corrected chi connectivity index (χ0v) is 16.6. The molecule has 3 aromatic carbocycles. The predicted octanol–water partition coefficient (Wildman–Crippen LogP) is 5.02. The molecule has 0 saturated heterocycles. The highest BCUT2D eigenvalue weighted by Gasteiger charge is 2.16. The summed E-state index contributed by atoms with van der Waals surface area (Å²) in [6, 6.07) is 25.3. The second-order valence-electron chi connectivity index (χ2n) is 7.15. The number of hydrogen-bond donors (Lipinski definition) is 0. The first-order valence-corrected chi connectivity index (χ1v) is 9.90. The summed E-state index contributed by atoms with van der Waals surface area (Å²) in [6.45, 7) is 0.264. The van der Waals surface area contributed by atoms with Crippen LogP contribution in [0.1, 0.15) is 11.3 Å². The van der Waals surface area contributed by atoms with E-state index in [4.69, 9.17) is 18.7 Å². The summed E-state index contributed by atoms with van der Waals surface area (Å²) in [5.74, 6) is 1.62. The van der Waals surface area contributed by atoms with Gasteiger partial charge in [-0.3, -0.25) is 4.79 Å². The Bertz CT molecular complexity index is 1200. The maximum atomic E-state index is 12.2. The van der Waals surface area contributed by atoms with E-state index in [-0.39, 0.29) is 25.8 Å². The molecule has 0 saturated carbocycles.